The predicted octanol–water partition coefficient (Wildman–Crippen LogP) is 8.70. The maximum atomic E-state index is 15.2. The second kappa shape index (κ2) is 12.9. The lowest BCUT2D eigenvalue weighted by atomic mass is 9.90. The minimum absolute atomic E-state index is 0.219. The van der Waals surface area contributed by atoms with Gasteiger partial charge in [0, 0.05) is 22.3 Å². The van der Waals surface area contributed by atoms with Crippen molar-refractivity contribution in [1.82, 2.24) is 0 Å². The van der Waals surface area contributed by atoms with E-state index in [2.05, 4.69) is 0 Å². The monoisotopic (exact) mass is 736 g/mol. The number of rotatable bonds is 3. The van der Waals surface area contributed by atoms with Crippen LogP contribution in [0.1, 0.15) is 44.5 Å². The molecule has 3 aromatic rings. The third-order valence-electron chi connectivity index (χ3n) is 7.15. The molecule has 1 aliphatic rings. The molecular weight excluding hydrogens is 734 g/mol. The molecule has 0 saturated heterocycles. The fraction of sp³-hybridized carbons (Fsp3) is 0.0625. The summed E-state index contributed by atoms with van der Waals surface area (Å²) in [5, 5.41) is 56.6. The molecule has 0 heterocycles. The Labute approximate surface area is 278 Å². The number of nitriles is 6. The summed E-state index contributed by atoms with van der Waals surface area (Å²) in [6.45, 7) is 0. The van der Waals surface area contributed by atoms with Gasteiger partial charge in [0.2, 0.25) is 0 Å². The van der Waals surface area contributed by atoms with E-state index in [1.165, 1.54) is 0 Å². The van der Waals surface area contributed by atoms with Crippen molar-refractivity contribution in [3.8, 4) is 36.4 Å². The van der Waals surface area contributed by atoms with Gasteiger partial charge >= 0.3 is 12.4 Å². The second-order valence-electron chi connectivity index (χ2n) is 9.87. The zero-order chi connectivity index (χ0) is 39.4. The molecule has 0 aliphatic heterocycles. The molecule has 0 spiro atoms. The fourth-order valence-electron chi connectivity index (χ4n) is 4.97. The molecule has 52 heavy (non-hydrogen) atoms. The maximum absolute atomic E-state index is 15.2. The summed E-state index contributed by atoms with van der Waals surface area (Å²) in [5.74, 6) is -20.6. The molecule has 20 heteroatoms. The van der Waals surface area contributed by atoms with E-state index < -0.39 is 137 Å². The van der Waals surface area contributed by atoms with Crippen molar-refractivity contribution in [3.05, 3.63) is 120 Å². The van der Waals surface area contributed by atoms with Crippen molar-refractivity contribution in [2.24, 2.45) is 0 Å². The molecule has 0 aromatic heterocycles. The van der Waals surface area contributed by atoms with E-state index in [-0.39, 0.29) is 12.1 Å². The number of hydrogen-bond acceptors (Lipinski definition) is 6. The van der Waals surface area contributed by atoms with Crippen molar-refractivity contribution < 1.29 is 61.5 Å². The Morgan fingerprint density at radius 2 is 0.673 bits per heavy atom. The van der Waals surface area contributed by atoms with Crippen molar-refractivity contribution in [2.75, 3.05) is 0 Å². The van der Waals surface area contributed by atoms with E-state index in [1.54, 1.807) is 0 Å². The Morgan fingerprint density at radius 3 is 0.885 bits per heavy atom. The summed E-state index contributed by atoms with van der Waals surface area (Å²) in [6, 6.07) is 4.64. The fourth-order valence-corrected chi connectivity index (χ4v) is 4.97. The van der Waals surface area contributed by atoms with Crippen LogP contribution in [0.3, 0.4) is 0 Å². The highest BCUT2D eigenvalue weighted by Crippen LogP contribution is 2.58. The quantitative estimate of drug-likeness (QED) is 0.150. The van der Waals surface area contributed by atoms with E-state index in [0.29, 0.717) is 0 Å². The summed E-state index contributed by atoms with van der Waals surface area (Å²) < 4.78 is 205. The zero-order valence-corrected chi connectivity index (χ0v) is 24.1. The molecular formula is C32H2F14N6. The molecule has 1 fully saturated rings. The number of benzene rings is 3. The summed E-state index contributed by atoms with van der Waals surface area (Å²) in [7, 11) is 0. The molecule has 1 aliphatic carbocycles. The van der Waals surface area contributed by atoms with Crippen LogP contribution in [-0.4, -0.2) is 0 Å². The molecule has 6 nitrogen and oxygen atoms in total. The number of allylic oxidation sites excluding steroid dienone is 6. The molecule has 0 N–H and O–H groups in total. The molecule has 0 unspecified atom stereocenters. The van der Waals surface area contributed by atoms with Gasteiger partial charge in [0.1, 0.15) is 41.5 Å². The highest BCUT2D eigenvalue weighted by Gasteiger charge is 2.49. The van der Waals surface area contributed by atoms with Gasteiger partial charge in [-0.1, -0.05) is 0 Å². The van der Waals surface area contributed by atoms with E-state index in [0.717, 1.165) is 36.4 Å². The SMILES string of the molecule is N#CC(=C1C(=C(C#N)c2c(F)c(F)c(C#N)c(F)c2F)C1=C(C#N)c1c(F)c(F)c(C#N)c(F)c1F)c1c(C(F)(F)F)cc(C#N)cc1C(F)(F)F. The number of halogens is 14. The average molecular weight is 736 g/mol. The van der Waals surface area contributed by atoms with Gasteiger partial charge in [-0.25, -0.2) is 35.1 Å². The standard InChI is InChI=1S/C32H2F14N6/c33-23-13(7-51)24(34)28(38)21(27(23)37)11(5-49)19-18(20(19)12(6-50)22-29(39)25(35)14(8-52)26(36)30(22)40)10(4-48)17-15(31(41,42)43)1-9(3-47)2-16(17)32(44,45)46/h1-2H. The Hall–Kier alpha value is -7.16. The van der Waals surface area contributed by atoms with Crippen LogP contribution in [-0.2, 0) is 12.4 Å². The highest BCUT2D eigenvalue weighted by atomic mass is 19.4. The van der Waals surface area contributed by atoms with Crippen molar-refractivity contribution in [2.45, 2.75) is 12.4 Å². The van der Waals surface area contributed by atoms with Crippen LogP contribution < -0.4 is 0 Å². The highest BCUT2D eigenvalue weighted by molar-refractivity contribution is 6.12. The first-order valence-corrected chi connectivity index (χ1v) is 12.9. The lowest BCUT2D eigenvalue weighted by Crippen LogP contribution is -2.17. The largest absolute Gasteiger partial charge is 0.417 e. The van der Waals surface area contributed by atoms with Crippen LogP contribution in [0.15, 0.2) is 28.9 Å². The van der Waals surface area contributed by atoms with Crippen LogP contribution in [0.25, 0.3) is 16.7 Å². The van der Waals surface area contributed by atoms with Gasteiger partial charge in [-0.3, -0.25) is 0 Å². The molecule has 1 saturated carbocycles. The number of nitrogens with zero attached hydrogens (tertiary/aromatic N) is 6. The molecule has 0 atom stereocenters. The third kappa shape index (κ3) is 5.69. The minimum atomic E-state index is -5.92. The molecule has 258 valence electrons. The van der Waals surface area contributed by atoms with E-state index in [9.17, 15) is 59.7 Å². The van der Waals surface area contributed by atoms with Gasteiger partial charge in [0.25, 0.3) is 0 Å². The van der Waals surface area contributed by atoms with Gasteiger partial charge in [-0.05, 0) is 12.1 Å². The van der Waals surface area contributed by atoms with Gasteiger partial charge in [-0.15, -0.1) is 0 Å². The van der Waals surface area contributed by atoms with Crippen molar-refractivity contribution in [1.29, 1.82) is 31.6 Å². The predicted molar refractivity (Wildman–Crippen MR) is 141 cm³/mol. The topological polar surface area (TPSA) is 143 Å². The van der Waals surface area contributed by atoms with Gasteiger partial charge < -0.3 is 0 Å². The average Bonchev–Trinajstić information content (AvgIpc) is 3.80. The Kier molecular flexibility index (Phi) is 9.37. The smallest absolute Gasteiger partial charge is 0.203 e. The Morgan fingerprint density at radius 1 is 0.404 bits per heavy atom. The van der Waals surface area contributed by atoms with Crippen molar-refractivity contribution >= 4 is 16.7 Å². The molecule has 0 amide bonds. The summed E-state index contributed by atoms with van der Waals surface area (Å²) in [4.78, 5) is 0. The van der Waals surface area contributed by atoms with Gasteiger partial charge in [-0.2, -0.15) is 57.9 Å². The molecule has 0 bridgehead atoms. The summed E-state index contributed by atoms with van der Waals surface area (Å²) in [6.07, 6.45) is -11.8. The van der Waals surface area contributed by atoms with E-state index in [4.69, 9.17) is 15.8 Å². The first-order chi connectivity index (χ1) is 24.2. The normalized spacial score (nSPS) is 14.3. The van der Waals surface area contributed by atoms with E-state index >= 15 is 17.6 Å². The lowest BCUT2D eigenvalue weighted by molar-refractivity contribution is -0.143. The maximum Gasteiger partial charge on any atom is 0.417 e. The molecule has 0 radical (unpaired) electrons. The van der Waals surface area contributed by atoms with E-state index in [1.807, 2.05) is 0 Å². The zero-order valence-electron chi connectivity index (χ0n) is 24.1. The second-order valence-corrected chi connectivity index (χ2v) is 9.87. The van der Waals surface area contributed by atoms with Crippen LogP contribution in [0.5, 0.6) is 0 Å². The van der Waals surface area contributed by atoms with Crippen LogP contribution in [0, 0.1) is 115 Å². The van der Waals surface area contributed by atoms with Crippen LogP contribution in [0.2, 0.25) is 0 Å². The molecule has 3 aromatic carbocycles. The third-order valence-corrected chi connectivity index (χ3v) is 7.15. The lowest BCUT2D eigenvalue weighted by Gasteiger charge is -2.19. The van der Waals surface area contributed by atoms with Gasteiger partial charge in [0.05, 0.1) is 50.6 Å². The number of alkyl halides is 6. The Bertz CT molecular complexity index is 2320. The first kappa shape index (κ1) is 37.7. The minimum Gasteiger partial charge on any atom is -0.203 e. The molecule has 4 rings (SSSR count). The number of hydrogen-bond donors (Lipinski definition) is 0. The van der Waals surface area contributed by atoms with Gasteiger partial charge in [0.15, 0.2) is 46.5 Å². The first-order valence-electron chi connectivity index (χ1n) is 12.9. The summed E-state index contributed by atoms with van der Waals surface area (Å²) >= 11 is 0. The summed E-state index contributed by atoms with van der Waals surface area (Å²) in [5.41, 5.74) is -27.3. The van der Waals surface area contributed by atoms with Crippen LogP contribution in [0.4, 0.5) is 61.5 Å². The van der Waals surface area contributed by atoms with Crippen LogP contribution >= 0.6 is 0 Å². The van der Waals surface area contributed by atoms with Crippen molar-refractivity contribution in [3.63, 3.8) is 0 Å². The Balaban J connectivity index is 2.45.